The van der Waals surface area contributed by atoms with Crippen LogP contribution < -0.4 is 0 Å². The summed E-state index contributed by atoms with van der Waals surface area (Å²) in [6, 6.07) is 2.02. The Morgan fingerprint density at radius 1 is 1.39 bits per heavy atom. The molecule has 0 aromatic carbocycles. The van der Waals surface area contributed by atoms with E-state index in [4.69, 9.17) is 13.9 Å². The van der Waals surface area contributed by atoms with Crippen LogP contribution in [0.3, 0.4) is 0 Å². The molecule has 0 saturated carbocycles. The zero-order valence-corrected chi connectivity index (χ0v) is 14.2. The molecule has 2 fully saturated rings. The lowest BCUT2D eigenvalue weighted by atomic mass is 9.88. The summed E-state index contributed by atoms with van der Waals surface area (Å²) < 4.78 is 16.3. The van der Waals surface area contributed by atoms with Gasteiger partial charge in [-0.2, -0.15) is 0 Å². The molecule has 128 valence electrons. The minimum Gasteiger partial charge on any atom is -0.459 e. The number of nitrogens with zero attached hydrogens (tertiary/aromatic N) is 2. The first-order valence-electron chi connectivity index (χ1n) is 8.24. The Labute approximate surface area is 137 Å². The van der Waals surface area contributed by atoms with Gasteiger partial charge in [-0.3, -0.25) is 9.69 Å². The van der Waals surface area contributed by atoms with Gasteiger partial charge in [-0.05, 0) is 19.4 Å². The predicted molar refractivity (Wildman–Crippen MR) is 85.5 cm³/mol. The number of hydrogen-bond acceptors (Lipinski definition) is 5. The van der Waals surface area contributed by atoms with E-state index in [1.807, 2.05) is 17.9 Å². The molecule has 1 amide bonds. The van der Waals surface area contributed by atoms with Gasteiger partial charge in [-0.1, -0.05) is 0 Å². The molecule has 0 aliphatic carbocycles. The lowest BCUT2D eigenvalue weighted by Crippen LogP contribution is -2.53. The van der Waals surface area contributed by atoms with E-state index in [0.29, 0.717) is 18.3 Å². The second-order valence-corrected chi connectivity index (χ2v) is 6.48. The van der Waals surface area contributed by atoms with E-state index in [2.05, 4.69) is 4.90 Å². The number of carbonyl (C=O) groups excluding carboxylic acids is 1. The fourth-order valence-corrected chi connectivity index (χ4v) is 3.91. The van der Waals surface area contributed by atoms with Crippen LogP contribution in [0.15, 0.2) is 16.7 Å². The molecule has 2 saturated heterocycles. The number of carbonyl (C=O) groups is 1. The summed E-state index contributed by atoms with van der Waals surface area (Å²) in [6.07, 6.45) is 2.68. The average molecular weight is 322 g/mol. The minimum atomic E-state index is 0.00523. The van der Waals surface area contributed by atoms with Gasteiger partial charge in [0.25, 0.3) is 5.91 Å². The molecule has 0 spiro atoms. The monoisotopic (exact) mass is 322 g/mol. The van der Waals surface area contributed by atoms with E-state index in [1.165, 1.54) is 0 Å². The maximum atomic E-state index is 12.9. The molecule has 23 heavy (non-hydrogen) atoms. The maximum absolute atomic E-state index is 12.9. The first-order valence-corrected chi connectivity index (χ1v) is 8.24. The van der Waals surface area contributed by atoms with Gasteiger partial charge in [0.2, 0.25) is 0 Å². The SMILES string of the molecule is COCCN1C[C@H]2[C@@H](C1)N(C(=O)c1occc1C)CC[C@H]2OC. The number of methoxy groups -OCH3 is 2. The van der Waals surface area contributed by atoms with Gasteiger partial charge in [0, 0.05) is 51.9 Å². The molecule has 3 atom stereocenters. The minimum absolute atomic E-state index is 0.00523. The number of furan rings is 1. The van der Waals surface area contributed by atoms with Crippen LogP contribution in [-0.2, 0) is 9.47 Å². The van der Waals surface area contributed by atoms with Crippen LogP contribution in [0.5, 0.6) is 0 Å². The molecule has 0 bridgehead atoms. The molecule has 1 aromatic rings. The molecular weight excluding hydrogens is 296 g/mol. The smallest absolute Gasteiger partial charge is 0.290 e. The van der Waals surface area contributed by atoms with Crippen molar-refractivity contribution in [3.05, 3.63) is 23.7 Å². The third-order valence-corrected chi connectivity index (χ3v) is 5.17. The summed E-state index contributed by atoms with van der Waals surface area (Å²) in [5.74, 6) is 0.824. The fraction of sp³-hybridized carbons (Fsp3) is 0.706. The third kappa shape index (κ3) is 3.16. The van der Waals surface area contributed by atoms with Crippen molar-refractivity contribution in [3.8, 4) is 0 Å². The van der Waals surface area contributed by atoms with Crippen molar-refractivity contribution >= 4 is 5.91 Å². The second kappa shape index (κ2) is 7.03. The standard InChI is InChI=1S/C17H26N2O4/c1-12-5-8-23-16(12)17(20)19-6-4-15(22-3)13-10-18(7-9-21-2)11-14(13)19/h5,8,13-15H,4,6-7,9-11H2,1-3H3/t13-,14+,15+/m0/s1. The molecule has 0 N–H and O–H groups in total. The Morgan fingerprint density at radius 3 is 2.87 bits per heavy atom. The highest BCUT2D eigenvalue weighted by Gasteiger charge is 2.46. The van der Waals surface area contributed by atoms with E-state index >= 15 is 0 Å². The highest BCUT2D eigenvalue weighted by Crippen LogP contribution is 2.33. The average Bonchev–Trinajstić information content (AvgIpc) is 3.17. The van der Waals surface area contributed by atoms with Crippen LogP contribution in [0.2, 0.25) is 0 Å². The first kappa shape index (κ1) is 16.5. The quantitative estimate of drug-likeness (QED) is 0.820. The number of aryl methyl sites for hydroxylation is 1. The molecule has 6 nitrogen and oxygen atoms in total. The van der Waals surface area contributed by atoms with E-state index < -0.39 is 0 Å². The van der Waals surface area contributed by atoms with Crippen LogP contribution in [0.25, 0.3) is 0 Å². The van der Waals surface area contributed by atoms with Crippen molar-refractivity contribution in [2.45, 2.75) is 25.5 Å². The fourth-order valence-electron chi connectivity index (χ4n) is 3.91. The Morgan fingerprint density at radius 2 is 2.22 bits per heavy atom. The molecule has 0 unspecified atom stereocenters. The van der Waals surface area contributed by atoms with Gasteiger partial charge in [0.15, 0.2) is 5.76 Å². The van der Waals surface area contributed by atoms with Gasteiger partial charge in [-0.25, -0.2) is 0 Å². The molecular formula is C17H26N2O4. The summed E-state index contributed by atoms with van der Waals surface area (Å²) >= 11 is 0. The van der Waals surface area contributed by atoms with E-state index in [1.54, 1.807) is 20.5 Å². The molecule has 3 rings (SSSR count). The van der Waals surface area contributed by atoms with E-state index in [0.717, 1.165) is 38.2 Å². The third-order valence-electron chi connectivity index (χ3n) is 5.17. The first-order chi connectivity index (χ1) is 11.2. The summed E-state index contributed by atoms with van der Waals surface area (Å²) in [4.78, 5) is 17.2. The Kier molecular flexibility index (Phi) is 5.04. The molecule has 2 aliphatic rings. The highest BCUT2D eigenvalue weighted by atomic mass is 16.5. The lowest BCUT2D eigenvalue weighted by molar-refractivity contribution is -0.0166. The Balaban J connectivity index is 1.77. The van der Waals surface area contributed by atoms with Crippen molar-refractivity contribution in [1.82, 2.24) is 9.80 Å². The van der Waals surface area contributed by atoms with Crippen LogP contribution in [0, 0.1) is 12.8 Å². The number of piperidine rings is 1. The van der Waals surface area contributed by atoms with Crippen LogP contribution in [0.4, 0.5) is 0 Å². The summed E-state index contributed by atoms with van der Waals surface area (Å²) in [6.45, 7) is 6.06. The van der Waals surface area contributed by atoms with Crippen molar-refractivity contribution in [1.29, 1.82) is 0 Å². The van der Waals surface area contributed by atoms with Crippen LogP contribution in [0.1, 0.15) is 22.5 Å². The zero-order chi connectivity index (χ0) is 16.4. The zero-order valence-electron chi connectivity index (χ0n) is 14.2. The maximum Gasteiger partial charge on any atom is 0.290 e. The topological polar surface area (TPSA) is 55.2 Å². The number of ether oxygens (including phenoxy) is 2. The number of fused-ring (bicyclic) bond motifs is 1. The number of amides is 1. The lowest BCUT2D eigenvalue weighted by Gasteiger charge is -2.40. The summed E-state index contributed by atoms with van der Waals surface area (Å²) in [5, 5.41) is 0. The van der Waals surface area contributed by atoms with Crippen molar-refractivity contribution in [2.75, 3.05) is 47.0 Å². The summed E-state index contributed by atoms with van der Waals surface area (Å²) in [5.41, 5.74) is 0.898. The summed E-state index contributed by atoms with van der Waals surface area (Å²) in [7, 11) is 3.49. The number of likely N-dealkylation sites (tertiary alicyclic amines) is 2. The van der Waals surface area contributed by atoms with Crippen molar-refractivity contribution in [3.63, 3.8) is 0 Å². The van der Waals surface area contributed by atoms with Gasteiger partial charge >= 0.3 is 0 Å². The number of rotatable bonds is 5. The van der Waals surface area contributed by atoms with Crippen LogP contribution in [-0.4, -0.2) is 74.9 Å². The Hall–Kier alpha value is -1.37. The van der Waals surface area contributed by atoms with Crippen molar-refractivity contribution < 1.29 is 18.7 Å². The van der Waals surface area contributed by atoms with Crippen LogP contribution >= 0.6 is 0 Å². The number of hydrogen-bond donors (Lipinski definition) is 0. The molecule has 0 radical (unpaired) electrons. The highest BCUT2D eigenvalue weighted by molar-refractivity contribution is 5.93. The van der Waals surface area contributed by atoms with Gasteiger partial charge in [0.1, 0.15) is 0 Å². The van der Waals surface area contributed by atoms with Gasteiger partial charge in [-0.15, -0.1) is 0 Å². The van der Waals surface area contributed by atoms with Gasteiger partial charge in [0.05, 0.1) is 25.0 Å². The van der Waals surface area contributed by atoms with Gasteiger partial charge < -0.3 is 18.8 Å². The largest absolute Gasteiger partial charge is 0.459 e. The van der Waals surface area contributed by atoms with Crippen molar-refractivity contribution in [2.24, 2.45) is 5.92 Å². The molecule has 3 heterocycles. The molecule has 6 heteroatoms. The molecule has 2 aliphatic heterocycles. The Bertz CT molecular complexity index is 544. The second-order valence-electron chi connectivity index (χ2n) is 6.48. The predicted octanol–water partition coefficient (Wildman–Crippen LogP) is 1.40. The normalized spacial score (nSPS) is 28.1. The van der Waals surface area contributed by atoms with E-state index in [9.17, 15) is 4.79 Å². The van der Waals surface area contributed by atoms with E-state index in [-0.39, 0.29) is 18.1 Å². The molecule has 1 aromatic heterocycles.